The predicted octanol–water partition coefficient (Wildman–Crippen LogP) is 1.69. The summed E-state index contributed by atoms with van der Waals surface area (Å²) in [6.07, 6.45) is 1.44. The van der Waals surface area contributed by atoms with E-state index in [1.54, 1.807) is 0 Å². The Labute approximate surface area is 125 Å². The number of carboxylic acids is 1. The number of benzene rings is 1. The summed E-state index contributed by atoms with van der Waals surface area (Å²) in [7, 11) is 0. The molecule has 0 aliphatic carbocycles. The van der Waals surface area contributed by atoms with Gasteiger partial charge < -0.3 is 15.1 Å². The van der Waals surface area contributed by atoms with Gasteiger partial charge in [-0.1, -0.05) is 37.3 Å². The Morgan fingerprint density at radius 3 is 2.38 bits per heavy atom. The summed E-state index contributed by atoms with van der Waals surface area (Å²) in [6.45, 7) is 1.87. The van der Waals surface area contributed by atoms with E-state index in [1.165, 1.54) is 4.90 Å². The van der Waals surface area contributed by atoms with Gasteiger partial charge in [-0.3, -0.25) is 9.59 Å². The zero-order chi connectivity index (χ0) is 15.7. The third-order valence-electron chi connectivity index (χ3n) is 3.48. The van der Waals surface area contributed by atoms with E-state index in [0.717, 1.165) is 5.56 Å². The molecule has 1 unspecified atom stereocenters. The lowest BCUT2D eigenvalue weighted by Gasteiger charge is -2.29. The molecule has 0 spiro atoms. The number of carbonyl (C=O) groups excluding carboxylic acids is 1. The molecule has 2 N–H and O–H groups in total. The zero-order valence-electron chi connectivity index (χ0n) is 12.4. The van der Waals surface area contributed by atoms with Crippen LogP contribution in [0, 0.1) is 0 Å². The van der Waals surface area contributed by atoms with Crippen molar-refractivity contribution in [3.63, 3.8) is 0 Å². The minimum Gasteiger partial charge on any atom is -0.481 e. The molecule has 0 aliphatic heterocycles. The summed E-state index contributed by atoms with van der Waals surface area (Å²) >= 11 is 0. The Morgan fingerprint density at radius 1 is 1.19 bits per heavy atom. The Hall–Kier alpha value is -1.88. The lowest BCUT2D eigenvalue weighted by molar-refractivity contribution is -0.139. The average molecular weight is 293 g/mol. The summed E-state index contributed by atoms with van der Waals surface area (Å²) in [4.78, 5) is 24.5. The summed E-state index contributed by atoms with van der Waals surface area (Å²) in [5.74, 6) is -1.05. The van der Waals surface area contributed by atoms with Gasteiger partial charge in [-0.25, -0.2) is 0 Å². The molecule has 0 radical (unpaired) electrons. The first-order valence-corrected chi connectivity index (χ1v) is 7.24. The molecule has 1 aromatic rings. The number of hydrogen-bond donors (Lipinski definition) is 2. The fourth-order valence-electron chi connectivity index (χ4n) is 2.21. The molecule has 0 aliphatic rings. The molecule has 1 aromatic carbocycles. The molecule has 0 bridgehead atoms. The number of hydrogen-bond acceptors (Lipinski definition) is 3. The number of aliphatic carboxylic acids is 1. The van der Waals surface area contributed by atoms with E-state index in [1.807, 2.05) is 37.3 Å². The van der Waals surface area contributed by atoms with Crippen molar-refractivity contribution in [3.8, 4) is 0 Å². The summed E-state index contributed by atoms with van der Waals surface area (Å²) in [5, 5.41) is 18.1. The maximum Gasteiger partial charge on any atom is 0.305 e. The third kappa shape index (κ3) is 5.95. The predicted molar refractivity (Wildman–Crippen MR) is 79.9 cm³/mol. The quantitative estimate of drug-likeness (QED) is 0.726. The average Bonchev–Trinajstić information content (AvgIpc) is 2.50. The van der Waals surface area contributed by atoms with Crippen LogP contribution in [-0.2, 0) is 16.0 Å². The van der Waals surface area contributed by atoms with E-state index >= 15 is 0 Å². The van der Waals surface area contributed by atoms with Gasteiger partial charge in [-0.15, -0.1) is 0 Å². The van der Waals surface area contributed by atoms with E-state index in [4.69, 9.17) is 5.11 Å². The lowest BCUT2D eigenvalue weighted by atomic mass is 10.1. The van der Waals surface area contributed by atoms with Crippen LogP contribution in [-0.4, -0.2) is 46.2 Å². The number of aryl methyl sites for hydroxylation is 1. The van der Waals surface area contributed by atoms with Crippen molar-refractivity contribution >= 4 is 11.9 Å². The van der Waals surface area contributed by atoms with Crippen molar-refractivity contribution in [2.24, 2.45) is 0 Å². The zero-order valence-corrected chi connectivity index (χ0v) is 12.4. The molecule has 5 nitrogen and oxygen atoms in total. The van der Waals surface area contributed by atoms with Crippen molar-refractivity contribution in [1.29, 1.82) is 0 Å². The first kappa shape index (κ1) is 17.2. The molecule has 21 heavy (non-hydrogen) atoms. The van der Waals surface area contributed by atoms with E-state index < -0.39 is 5.97 Å². The Morgan fingerprint density at radius 2 is 1.86 bits per heavy atom. The van der Waals surface area contributed by atoms with Crippen molar-refractivity contribution in [2.75, 3.05) is 13.2 Å². The molecule has 1 amide bonds. The minimum absolute atomic E-state index is 0.104. The highest BCUT2D eigenvalue weighted by atomic mass is 16.4. The highest BCUT2D eigenvalue weighted by molar-refractivity contribution is 5.77. The maximum absolute atomic E-state index is 12.3. The standard InChI is InChI=1S/C16H23NO4/c1-2-14(12-18)17(11-10-16(20)21)15(19)9-8-13-6-4-3-5-7-13/h3-7,14,18H,2,8-12H2,1H3,(H,20,21). The van der Waals surface area contributed by atoms with Gasteiger partial charge in [0.05, 0.1) is 19.1 Å². The molecule has 0 fully saturated rings. The molecule has 1 rings (SSSR count). The highest BCUT2D eigenvalue weighted by Gasteiger charge is 2.22. The van der Waals surface area contributed by atoms with Crippen LogP contribution in [0.15, 0.2) is 30.3 Å². The van der Waals surface area contributed by atoms with Crippen LogP contribution in [0.1, 0.15) is 31.7 Å². The van der Waals surface area contributed by atoms with Crippen molar-refractivity contribution in [3.05, 3.63) is 35.9 Å². The monoisotopic (exact) mass is 293 g/mol. The van der Waals surface area contributed by atoms with Gasteiger partial charge in [-0.05, 0) is 18.4 Å². The van der Waals surface area contributed by atoms with Gasteiger partial charge in [-0.2, -0.15) is 0 Å². The summed E-state index contributed by atoms with van der Waals surface area (Å²) in [5.41, 5.74) is 1.07. The Bertz CT molecular complexity index is 443. The van der Waals surface area contributed by atoms with Gasteiger partial charge in [0.15, 0.2) is 0 Å². The van der Waals surface area contributed by atoms with Crippen LogP contribution < -0.4 is 0 Å². The number of carbonyl (C=O) groups is 2. The number of nitrogens with zero attached hydrogens (tertiary/aromatic N) is 1. The highest BCUT2D eigenvalue weighted by Crippen LogP contribution is 2.10. The van der Waals surface area contributed by atoms with Crippen LogP contribution in [0.5, 0.6) is 0 Å². The first-order valence-electron chi connectivity index (χ1n) is 7.24. The second-order valence-electron chi connectivity index (χ2n) is 4.96. The van der Waals surface area contributed by atoms with E-state index in [9.17, 15) is 14.7 Å². The van der Waals surface area contributed by atoms with Crippen LogP contribution in [0.25, 0.3) is 0 Å². The Kier molecular flexibility index (Phi) is 7.46. The molecule has 1 atom stereocenters. The Balaban J connectivity index is 2.63. The molecular formula is C16H23NO4. The lowest BCUT2D eigenvalue weighted by Crippen LogP contribution is -2.43. The second-order valence-corrected chi connectivity index (χ2v) is 4.96. The van der Waals surface area contributed by atoms with Crippen LogP contribution in [0.2, 0.25) is 0 Å². The first-order chi connectivity index (χ1) is 10.1. The normalized spacial score (nSPS) is 11.9. The SMILES string of the molecule is CCC(CO)N(CCC(=O)O)C(=O)CCc1ccccc1. The topological polar surface area (TPSA) is 77.8 Å². The summed E-state index contributed by atoms with van der Waals surface area (Å²) < 4.78 is 0. The molecule has 0 saturated heterocycles. The van der Waals surface area contributed by atoms with Crippen molar-refractivity contribution < 1.29 is 19.8 Å². The number of carboxylic acid groups (broad SMARTS) is 1. The minimum atomic E-state index is -0.941. The number of aliphatic hydroxyl groups is 1. The molecule has 5 heteroatoms. The molecular weight excluding hydrogens is 270 g/mol. The number of amides is 1. The smallest absolute Gasteiger partial charge is 0.305 e. The third-order valence-corrected chi connectivity index (χ3v) is 3.48. The van der Waals surface area contributed by atoms with E-state index in [-0.39, 0.29) is 31.5 Å². The van der Waals surface area contributed by atoms with Crippen LogP contribution >= 0.6 is 0 Å². The van der Waals surface area contributed by atoms with Gasteiger partial charge in [0, 0.05) is 13.0 Å². The largest absolute Gasteiger partial charge is 0.481 e. The van der Waals surface area contributed by atoms with Crippen LogP contribution in [0.3, 0.4) is 0 Å². The van der Waals surface area contributed by atoms with E-state index in [2.05, 4.69) is 0 Å². The maximum atomic E-state index is 12.3. The van der Waals surface area contributed by atoms with Crippen molar-refractivity contribution in [1.82, 2.24) is 4.90 Å². The fraction of sp³-hybridized carbons (Fsp3) is 0.500. The second kappa shape index (κ2) is 9.13. The van der Waals surface area contributed by atoms with Crippen molar-refractivity contribution in [2.45, 2.75) is 38.6 Å². The molecule has 0 saturated carbocycles. The van der Waals surface area contributed by atoms with Gasteiger partial charge >= 0.3 is 5.97 Å². The van der Waals surface area contributed by atoms with E-state index in [0.29, 0.717) is 19.3 Å². The van der Waals surface area contributed by atoms with Gasteiger partial charge in [0.2, 0.25) is 5.91 Å². The summed E-state index contributed by atoms with van der Waals surface area (Å²) in [6, 6.07) is 9.36. The number of rotatable bonds is 9. The van der Waals surface area contributed by atoms with Gasteiger partial charge in [0.25, 0.3) is 0 Å². The number of aliphatic hydroxyl groups excluding tert-OH is 1. The van der Waals surface area contributed by atoms with Gasteiger partial charge in [0.1, 0.15) is 0 Å². The molecule has 0 aromatic heterocycles. The molecule has 116 valence electrons. The van der Waals surface area contributed by atoms with Crippen LogP contribution in [0.4, 0.5) is 0 Å². The fourth-order valence-corrected chi connectivity index (χ4v) is 2.21. The molecule has 0 heterocycles.